The number of hydrogen-bond donors (Lipinski definition) is 2. The van der Waals surface area contributed by atoms with Gasteiger partial charge in [0.2, 0.25) is 5.91 Å². The molecule has 3 aromatic carbocycles. The molecule has 1 fully saturated rings. The van der Waals surface area contributed by atoms with Gasteiger partial charge in [-0.15, -0.1) is 0 Å². The van der Waals surface area contributed by atoms with E-state index in [1.54, 1.807) is 7.11 Å². The molecule has 1 amide bonds. The first kappa shape index (κ1) is 31.6. The van der Waals surface area contributed by atoms with E-state index in [4.69, 9.17) is 30.5 Å². The molecule has 10 heteroatoms. The molecule has 2 aliphatic rings. The SMILES string of the molecule is CCc1cc(Cl)cc(CC)c1NC(=O)CN1C[C@H](c2ccc3c(c2)OCCO3)C(C(=O)O)[C@@H]1c1ccc(OCCOC)cc1. The molecule has 2 N–H and O–H groups in total. The third-order valence-electron chi connectivity index (χ3n) is 8.29. The van der Waals surface area contributed by atoms with Gasteiger partial charge in [0, 0.05) is 36.3 Å². The molecule has 2 aliphatic heterocycles. The second kappa shape index (κ2) is 14.3. The summed E-state index contributed by atoms with van der Waals surface area (Å²) in [6.07, 6.45) is 1.42. The van der Waals surface area contributed by atoms with Gasteiger partial charge in [0.1, 0.15) is 25.6 Å². The van der Waals surface area contributed by atoms with E-state index in [-0.39, 0.29) is 12.5 Å². The fourth-order valence-corrected chi connectivity index (χ4v) is 6.49. The van der Waals surface area contributed by atoms with Gasteiger partial charge in [0.25, 0.3) is 0 Å². The summed E-state index contributed by atoms with van der Waals surface area (Å²) < 4.78 is 22.3. The molecule has 0 saturated carbocycles. The van der Waals surface area contributed by atoms with Crippen LogP contribution in [0.1, 0.15) is 48.1 Å². The Bertz CT molecular complexity index is 1450. The number of carbonyl (C=O) groups excluding carboxylic acids is 1. The van der Waals surface area contributed by atoms with Crippen molar-refractivity contribution in [1.29, 1.82) is 0 Å². The number of amides is 1. The Morgan fingerprint density at radius 1 is 0.955 bits per heavy atom. The second-order valence-corrected chi connectivity index (χ2v) is 11.4. The number of likely N-dealkylation sites (tertiary alicyclic amines) is 1. The number of carbonyl (C=O) groups is 2. The van der Waals surface area contributed by atoms with Gasteiger partial charge in [-0.25, -0.2) is 0 Å². The zero-order valence-corrected chi connectivity index (χ0v) is 26.1. The lowest BCUT2D eigenvalue weighted by atomic mass is 9.82. The minimum absolute atomic E-state index is 0.0104. The van der Waals surface area contributed by atoms with Crippen LogP contribution in [0.5, 0.6) is 17.2 Å². The Morgan fingerprint density at radius 2 is 1.61 bits per heavy atom. The smallest absolute Gasteiger partial charge is 0.309 e. The first-order valence-corrected chi connectivity index (χ1v) is 15.4. The van der Waals surface area contributed by atoms with Crippen molar-refractivity contribution < 1.29 is 33.6 Å². The van der Waals surface area contributed by atoms with Crippen molar-refractivity contribution in [3.8, 4) is 17.2 Å². The van der Waals surface area contributed by atoms with E-state index in [1.807, 2.05) is 73.3 Å². The van der Waals surface area contributed by atoms with Crippen molar-refractivity contribution >= 4 is 29.2 Å². The number of carboxylic acid groups (broad SMARTS) is 1. The van der Waals surface area contributed by atoms with Gasteiger partial charge in [0.05, 0.1) is 19.1 Å². The third kappa shape index (κ3) is 6.96. The molecule has 3 aromatic rings. The average Bonchev–Trinajstić information content (AvgIpc) is 3.41. The number of benzene rings is 3. The van der Waals surface area contributed by atoms with E-state index in [2.05, 4.69) is 5.32 Å². The van der Waals surface area contributed by atoms with Crippen LogP contribution in [0.25, 0.3) is 0 Å². The molecule has 0 spiro atoms. The number of rotatable bonds is 12. The molecule has 0 radical (unpaired) electrons. The number of methoxy groups -OCH3 is 1. The summed E-state index contributed by atoms with van der Waals surface area (Å²) in [7, 11) is 1.61. The number of fused-ring (bicyclic) bond motifs is 1. The topological polar surface area (TPSA) is 107 Å². The van der Waals surface area contributed by atoms with Crippen LogP contribution in [-0.4, -0.2) is 68.5 Å². The van der Waals surface area contributed by atoms with Gasteiger partial charge in [0.15, 0.2) is 11.5 Å². The molecule has 0 bridgehead atoms. The standard InChI is InChI=1S/C34H39ClN2O7/c1-4-21-16-25(35)17-22(5-2)32(21)36-30(38)20-37-19-27(24-8-11-28-29(18-24)44-15-14-43-28)31(34(39)40)33(37)23-6-9-26(10-7-23)42-13-12-41-3/h6-11,16-18,27,31,33H,4-5,12-15,19-20H2,1-3H3,(H,36,38)(H,39,40)/t27-,31?,33+/m1/s1. The number of ether oxygens (including phenoxy) is 4. The zero-order valence-electron chi connectivity index (χ0n) is 25.3. The van der Waals surface area contributed by atoms with Crippen LogP contribution in [0.3, 0.4) is 0 Å². The highest BCUT2D eigenvalue weighted by molar-refractivity contribution is 6.30. The molecule has 5 rings (SSSR count). The third-order valence-corrected chi connectivity index (χ3v) is 8.51. The minimum atomic E-state index is -0.933. The first-order valence-electron chi connectivity index (χ1n) is 15.0. The molecular weight excluding hydrogens is 584 g/mol. The lowest BCUT2D eigenvalue weighted by Crippen LogP contribution is -2.35. The molecule has 0 aliphatic carbocycles. The number of carboxylic acids is 1. The summed E-state index contributed by atoms with van der Waals surface area (Å²) in [5.41, 5.74) is 4.31. The number of anilines is 1. The maximum Gasteiger partial charge on any atom is 0.309 e. The Kier molecular flexibility index (Phi) is 10.3. The van der Waals surface area contributed by atoms with Crippen molar-refractivity contribution in [2.75, 3.05) is 51.9 Å². The monoisotopic (exact) mass is 622 g/mol. The molecule has 234 valence electrons. The van der Waals surface area contributed by atoms with E-state index in [0.717, 1.165) is 27.9 Å². The van der Waals surface area contributed by atoms with Crippen LogP contribution in [0.15, 0.2) is 54.6 Å². The number of nitrogens with one attached hydrogen (secondary N) is 1. The molecule has 3 atom stereocenters. The maximum absolute atomic E-state index is 13.7. The lowest BCUT2D eigenvalue weighted by Gasteiger charge is -2.27. The summed E-state index contributed by atoms with van der Waals surface area (Å²) in [4.78, 5) is 28.6. The van der Waals surface area contributed by atoms with E-state index >= 15 is 0 Å². The average molecular weight is 623 g/mol. The largest absolute Gasteiger partial charge is 0.491 e. The Balaban J connectivity index is 1.47. The summed E-state index contributed by atoms with van der Waals surface area (Å²) in [6.45, 7) is 6.18. The highest BCUT2D eigenvalue weighted by atomic mass is 35.5. The van der Waals surface area contributed by atoms with E-state index < -0.39 is 23.8 Å². The zero-order chi connectivity index (χ0) is 31.2. The Hall–Kier alpha value is -3.79. The minimum Gasteiger partial charge on any atom is -0.491 e. The van der Waals surface area contributed by atoms with E-state index in [1.165, 1.54) is 0 Å². The Labute approximate surface area is 263 Å². The van der Waals surface area contributed by atoms with Crippen molar-refractivity contribution in [3.63, 3.8) is 0 Å². The fraction of sp³-hybridized carbons (Fsp3) is 0.412. The van der Waals surface area contributed by atoms with E-state index in [9.17, 15) is 14.7 Å². The lowest BCUT2D eigenvalue weighted by molar-refractivity contribution is -0.143. The maximum atomic E-state index is 13.7. The molecule has 9 nitrogen and oxygen atoms in total. The van der Waals surface area contributed by atoms with Crippen LogP contribution in [-0.2, 0) is 27.2 Å². The molecule has 0 aromatic heterocycles. The summed E-state index contributed by atoms with van der Waals surface area (Å²) >= 11 is 6.34. The molecular formula is C34H39ClN2O7. The van der Waals surface area contributed by atoms with Gasteiger partial charge in [-0.2, -0.15) is 0 Å². The van der Waals surface area contributed by atoms with Crippen LogP contribution < -0.4 is 19.5 Å². The number of aryl methyl sites for hydroxylation is 2. The number of halogens is 1. The van der Waals surface area contributed by atoms with Crippen molar-refractivity contribution in [3.05, 3.63) is 81.9 Å². The van der Waals surface area contributed by atoms with Crippen LogP contribution in [0.4, 0.5) is 5.69 Å². The van der Waals surface area contributed by atoms with Crippen LogP contribution in [0.2, 0.25) is 5.02 Å². The van der Waals surface area contributed by atoms with E-state index in [0.29, 0.717) is 68.1 Å². The quantitative estimate of drug-likeness (QED) is 0.246. The highest BCUT2D eigenvalue weighted by Gasteiger charge is 2.48. The van der Waals surface area contributed by atoms with Gasteiger partial charge >= 0.3 is 5.97 Å². The molecule has 44 heavy (non-hydrogen) atoms. The van der Waals surface area contributed by atoms with Gasteiger partial charge < -0.3 is 29.4 Å². The van der Waals surface area contributed by atoms with Crippen molar-refractivity contribution in [2.45, 2.75) is 38.6 Å². The summed E-state index contributed by atoms with van der Waals surface area (Å²) in [5, 5.41) is 14.4. The van der Waals surface area contributed by atoms with Crippen LogP contribution in [0, 0.1) is 5.92 Å². The predicted molar refractivity (Wildman–Crippen MR) is 168 cm³/mol. The van der Waals surface area contributed by atoms with Gasteiger partial charge in [-0.3, -0.25) is 14.5 Å². The van der Waals surface area contributed by atoms with Gasteiger partial charge in [-0.1, -0.05) is 43.6 Å². The fourth-order valence-electron chi connectivity index (χ4n) is 6.23. The van der Waals surface area contributed by atoms with Gasteiger partial charge in [-0.05, 0) is 71.5 Å². The number of aliphatic carboxylic acids is 1. The molecule has 2 heterocycles. The molecule has 1 unspecified atom stereocenters. The normalized spacial score (nSPS) is 19.5. The van der Waals surface area contributed by atoms with Crippen LogP contribution >= 0.6 is 11.6 Å². The first-order chi connectivity index (χ1) is 21.3. The summed E-state index contributed by atoms with van der Waals surface area (Å²) in [6, 6.07) is 16.2. The highest BCUT2D eigenvalue weighted by Crippen LogP contribution is 2.47. The number of nitrogens with zero attached hydrogens (tertiary/aromatic N) is 1. The predicted octanol–water partition coefficient (Wildman–Crippen LogP) is 5.74. The summed E-state index contributed by atoms with van der Waals surface area (Å²) in [5.74, 6) is -0.463. The molecule has 1 saturated heterocycles. The Morgan fingerprint density at radius 3 is 2.25 bits per heavy atom. The van der Waals surface area contributed by atoms with Crippen molar-refractivity contribution in [2.24, 2.45) is 5.92 Å². The second-order valence-electron chi connectivity index (χ2n) is 11.0. The number of hydrogen-bond acceptors (Lipinski definition) is 7. The van der Waals surface area contributed by atoms with Crippen molar-refractivity contribution in [1.82, 2.24) is 4.90 Å².